The average Bonchev–Trinajstić information content (AvgIpc) is 1.81. The van der Waals surface area contributed by atoms with Crippen LogP contribution < -0.4 is 0 Å². The van der Waals surface area contributed by atoms with E-state index in [4.69, 9.17) is 4.55 Å². The lowest BCUT2D eigenvalue weighted by molar-refractivity contribution is -0.0516. The summed E-state index contributed by atoms with van der Waals surface area (Å²) in [7, 11) is -4.32. The minimum absolute atomic E-state index is 0. The molecule has 1 N–H and O–H groups in total. The Bertz CT molecular complexity index is 177. The molecule has 0 heterocycles. The van der Waals surface area contributed by atoms with Crippen molar-refractivity contribution in [3.05, 3.63) is 0 Å². The van der Waals surface area contributed by atoms with Gasteiger partial charge in [0.2, 0.25) is 0 Å². The van der Waals surface area contributed by atoms with Gasteiger partial charge in [0.15, 0.2) is 0 Å². The van der Waals surface area contributed by atoms with E-state index in [2.05, 4.69) is 4.28 Å². The number of hydrogen-bond acceptors (Lipinski definition) is 4. The van der Waals surface area contributed by atoms with Gasteiger partial charge in [-0.15, -0.1) is 0 Å². The van der Waals surface area contributed by atoms with E-state index in [1.54, 1.807) is 13.8 Å². The molecule has 0 aromatic rings. The van der Waals surface area contributed by atoms with E-state index >= 15 is 0 Å². The summed E-state index contributed by atoms with van der Waals surface area (Å²) < 4.78 is 32.4. The Morgan fingerprint density at radius 1 is 1.36 bits per heavy atom. The Morgan fingerprint density at radius 2 is 1.73 bits per heavy atom. The van der Waals surface area contributed by atoms with Gasteiger partial charge in [0.1, 0.15) is 0 Å². The molecule has 0 radical (unpaired) electrons. The van der Waals surface area contributed by atoms with E-state index in [9.17, 15) is 8.42 Å². The maximum Gasteiger partial charge on any atom is 0.413 e. The number of halogens is 1. The minimum Gasteiger partial charge on any atom is -0.269 e. The molecule has 0 atom stereocenters. The monoisotopic (exact) mass is 189 g/mol. The maximum atomic E-state index is 10.1. The van der Waals surface area contributed by atoms with E-state index < -0.39 is 10.4 Å². The lowest BCUT2D eigenvalue weighted by atomic mass is 10.6. The Labute approximate surface area is 65.2 Å². The highest BCUT2D eigenvalue weighted by Gasteiger charge is 2.09. The summed E-state index contributed by atoms with van der Waals surface area (Å²) in [4.78, 5) is 0. The quantitative estimate of drug-likeness (QED) is 0.506. The van der Waals surface area contributed by atoms with Gasteiger partial charge >= 0.3 is 10.4 Å². The first-order valence-electron chi connectivity index (χ1n) is 2.91. The van der Waals surface area contributed by atoms with Crippen LogP contribution in [-0.4, -0.2) is 31.1 Å². The van der Waals surface area contributed by atoms with Crippen molar-refractivity contribution in [1.82, 2.24) is 5.06 Å². The third-order valence-corrected chi connectivity index (χ3v) is 1.30. The van der Waals surface area contributed by atoms with Gasteiger partial charge in [-0.1, -0.05) is 13.8 Å². The van der Waals surface area contributed by atoms with E-state index in [1.165, 1.54) is 0 Å². The topological polar surface area (TPSA) is 66.8 Å². The lowest BCUT2D eigenvalue weighted by Crippen LogP contribution is -2.26. The Balaban J connectivity index is 0. The Hall–Kier alpha value is -0.240. The molecule has 0 bridgehead atoms. The molecular weight excluding hydrogens is 177 g/mol. The largest absolute Gasteiger partial charge is 0.413 e. The van der Waals surface area contributed by atoms with E-state index in [0.717, 1.165) is 5.06 Å². The molecule has 0 aliphatic carbocycles. The summed E-state index contributed by atoms with van der Waals surface area (Å²) in [6.07, 6.45) is 0. The van der Waals surface area contributed by atoms with E-state index in [1.807, 2.05) is 0 Å². The normalized spacial score (nSPS) is 11.3. The lowest BCUT2D eigenvalue weighted by Gasteiger charge is -2.13. The predicted molar refractivity (Wildman–Crippen MR) is 38.1 cm³/mol. The number of rotatable bonds is 4. The highest BCUT2D eigenvalue weighted by Crippen LogP contribution is 1.93. The summed E-state index contributed by atoms with van der Waals surface area (Å²) in [5, 5.41) is 1.12. The van der Waals surface area contributed by atoms with Crippen LogP contribution in [0.25, 0.3) is 0 Å². The second-order valence-corrected chi connectivity index (χ2v) is 2.62. The first-order chi connectivity index (χ1) is 4.49. The van der Waals surface area contributed by atoms with Crippen LogP contribution in [0, 0.1) is 0 Å². The predicted octanol–water partition coefficient (Wildman–Crippen LogP) is 0.215. The van der Waals surface area contributed by atoms with Crippen LogP contribution in [0.2, 0.25) is 0 Å². The number of hydroxylamine groups is 2. The zero-order valence-corrected chi connectivity index (χ0v) is 7.17. The van der Waals surface area contributed by atoms with Gasteiger partial charge in [-0.3, -0.25) is 9.26 Å². The minimum atomic E-state index is -4.32. The molecule has 5 nitrogen and oxygen atoms in total. The van der Waals surface area contributed by atoms with Crippen LogP contribution >= 0.6 is 0 Å². The van der Waals surface area contributed by atoms with E-state index in [0.29, 0.717) is 13.1 Å². The van der Waals surface area contributed by atoms with Gasteiger partial charge in [-0.05, 0) is 0 Å². The molecule has 0 amide bonds. The summed E-state index contributed by atoms with van der Waals surface area (Å²) in [6, 6.07) is 0. The summed E-state index contributed by atoms with van der Waals surface area (Å²) >= 11 is 0. The molecule has 0 aliphatic rings. The molecule has 0 aliphatic heterocycles. The van der Waals surface area contributed by atoms with Gasteiger partial charge in [-0.25, -0.2) is 0 Å². The SMILES string of the molecule is CCN(CC)OS(=O)(=O)O.F. The van der Waals surface area contributed by atoms with Crippen LogP contribution in [0.5, 0.6) is 0 Å². The molecule has 0 aromatic carbocycles. The molecule has 0 unspecified atom stereocenters. The van der Waals surface area contributed by atoms with Gasteiger partial charge in [0.05, 0.1) is 0 Å². The fourth-order valence-corrected chi connectivity index (χ4v) is 0.939. The smallest absolute Gasteiger partial charge is 0.269 e. The molecule has 0 saturated heterocycles. The average molecular weight is 189 g/mol. The second-order valence-electron chi connectivity index (χ2n) is 1.62. The Kier molecular flexibility index (Phi) is 6.58. The van der Waals surface area contributed by atoms with Crippen LogP contribution in [0.4, 0.5) is 4.70 Å². The first-order valence-corrected chi connectivity index (χ1v) is 4.28. The molecule has 0 fully saturated rings. The first kappa shape index (κ1) is 13.4. The fraction of sp³-hybridized carbons (Fsp3) is 1.00. The summed E-state index contributed by atoms with van der Waals surface area (Å²) in [5.74, 6) is 0. The molecule has 0 spiro atoms. The third kappa shape index (κ3) is 7.66. The van der Waals surface area contributed by atoms with Crippen LogP contribution in [-0.2, 0) is 14.7 Å². The van der Waals surface area contributed by atoms with Crippen molar-refractivity contribution in [3.63, 3.8) is 0 Å². The van der Waals surface area contributed by atoms with Crippen molar-refractivity contribution >= 4 is 10.4 Å². The molecule has 11 heavy (non-hydrogen) atoms. The van der Waals surface area contributed by atoms with Crippen molar-refractivity contribution < 1.29 is 22.0 Å². The third-order valence-electron chi connectivity index (χ3n) is 0.905. The number of hydrogen-bond donors (Lipinski definition) is 1. The molecule has 0 saturated carbocycles. The zero-order valence-electron chi connectivity index (χ0n) is 6.35. The maximum absolute atomic E-state index is 10.1. The summed E-state index contributed by atoms with van der Waals surface area (Å²) in [5.41, 5.74) is 0. The fourth-order valence-electron chi connectivity index (χ4n) is 0.462. The highest BCUT2D eigenvalue weighted by molar-refractivity contribution is 7.80. The van der Waals surface area contributed by atoms with E-state index in [-0.39, 0.29) is 4.70 Å². The van der Waals surface area contributed by atoms with Crippen LogP contribution in [0.3, 0.4) is 0 Å². The van der Waals surface area contributed by atoms with Gasteiger partial charge < -0.3 is 0 Å². The highest BCUT2D eigenvalue weighted by atomic mass is 32.3. The second kappa shape index (κ2) is 5.42. The van der Waals surface area contributed by atoms with Crippen LogP contribution in [0.1, 0.15) is 13.8 Å². The van der Waals surface area contributed by atoms with Crippen molar-refractivity contribution in [1.29, 1.82) is 0 Å². The van der Waals surface area contributed by atoms with Crippen LogP contribution in [0.15, 0.2) is 0 Å². The molecule has 0 aromatic heterocycles. The Morgan fingerprint density at radius 3 is 1.82 bits per heavy atom. The standard InChI is InChI=1S/C4H11NO4S.FH/c1-3-5(4-2)9-10(6,7)8;/h3-4H2,1-2H3,(H,6,7,8);1H. The summed E-state index contributed by atoms with van der Waals surface area (Å²) in [6.45, 7) is 4.26. The van der Waals surface area contributed by atoms with Gasteiger partial charge in [-0.2, -0.15) is 17.8 Å². The molecule has 0 rings (SSSR count). The van der Waals surface area contributed by atoms with Crippen molar-refractivity contribution in [2.24, 2.45) is 0 Å². The molecular formula is C4H12FNO4S. The van der Waals surface area contributed by atoms with Gasteiger partial charge in [0, 0.05) is 13.1 Å². The van der Waals surface area contributed by atoms with Crippen molar-refractivity contribution in [3.8, 4) is 0 Å². The van der Waals surface area contributed by atoms with Gasteiger partial charge in [0.25, 0.3) is 0 Å². The van der Waals surface area contributed by atoms with Crippen molar-refractivity contribution in [2.75, 3.05) is 13.1 Å². The molecule has 7 heteroatoms. The number of nitrogens with zero attached hydrogens (tertiary/aromatic N) is 1. The van der Waals surface area contributed by atoms with Crippen molar-refractivity contribution in [2.45, 2.75) is 13.8 Å². The molecule has 70 valence electrons. The zero-order chi connectivity index (χ0) is 8.20.